The highest BCUT2D eigenvalue weighted by atomic mass is 16.7. The lowest BCUT2D eigenvalue weighted by atomic mass is 10.0. The molecule has 93 heavy (non-hydrogen) atoms. The van der Waals surface area contributed by atoms with Gasteiger partial charge in [-0.1, -0.05) is 320 Å². The summed E-state index contributed by atoms with van der Waals surface area (Å²) in [6.07, 6.45) is 104. The summed E-state index contributed by atoms with van der Waals surface area (Å²) in [5, 5.41) is 11.8. The highest BCUT2D eigenvalue weighted by Crippen LogP contribution is 2.17. The number of carbonyl (C=O) groups excluding carboxylic acids is 3. The Morgan fingerprint density at radius 3 is 0.935 bits per heavy atom. The lowest BCUT2D eigenvalue weighted by molar-refractivity contribution is -0.870. The number of hydrogen-bond donors (Lipinski definition) is 0. The van der Waals surface area contributed by atoms with Gasteiger partial charge in [0.1, 0.15) is 13.2 Å². The molecule has 9 heteroatoms. The number of likely N-dealkylation sites (N-methyl/N-ethyl adjacent to an activating group) is 1. The van der Waals surface area contributed by atoms with Gasteiger partial charge in [0.05, 0.1) is 40.3 Å². The number of nitrogens with zero attached hydrogens (tertiary/aromatic N) is 1. The SMILES string of the molecule is CC/C=C\C/C=C\C/C=C\C/C=C\C/C=C\C/C=C\C/C=C\C/C=C\C/C=C\C/C=C\CCCCC(=O)OC(COC(=O)CCCCCCCCCCCCCCCCCCCCCCCCC/C=C\C/C=C\CCCCCCC)COC(OCC[N+](C)(C)C)C(=O)[O-]. The first kappa shape index (κ1) is 88.2. The summed E-state index contributed by atoms with van der Waals surface area (Å²) in [6.45, 7) is 4.59. The van der Waals surface area contributed by atoms with Crippen molar-refractivity contribution in [3.63, 3.8) is 0 Å². The highest BCUT2D eigenvalue weighted by Gasteiger charge is 2.22. The Hall–Kier alpha value is -4.83. The smallest absolute Gasteiger partial charge is 0.306 e. The largest absolute Gasteiger partial charge is 0.545 e. The Balaban J connectivity index is 4.16. The third kappa shape index (κ3) is 74.4. The molecule has 0 aromatic heterocycles. The van der Waals surface area contributed by atoms with Crippen LogP contribution in [0.1, 0.15) is 309 Å². The van der Waals surface area contributed by atoms with E-state index in [1.807, 2.05) is 21.1 Å². The minimum atomic E-state index is -1.64. The maximum Gasteiger partial charge on any atom is 0.306 e. The van der Waals surface area contributed by atoms with Gasteiger partial charge >= 0.3 is 11.9 Å². The fraction of sp³-hybridized carbons (Fsp3) is 0.679. The zero-order chi connectivity index (χ0) is 67.5. The van der Waals surface area contributed by atoms with Crippen LogP contribution in [-0.4, -0.2) is 82.3 Å². The maximum absolute atomic E-state index is 12.9. The van der Waals surface area contributed by atoms with Crippen LogP contribution in [0.5, 0.6) is 0 Å². The van der Waals surface area contributed by atoms with Crippen molar-refractivity contribution in [3.8, 4) is 0 Å². The average molecular weight is 1290 g/mol. The quantitative estimate of drug-likeness (QED) is 0.0195. The molecule has 0 fully saturated rings. The summed E-state index contributed by atoms with van der Waals surface area (Å²) < 4.78 is 22.8. The van der Waals surface area contributed by atoms with Crippen molar-refractivity contribution in [2.45, 2.75) is 322 Å². The van der Waals surface area contributed by atoms with E-state index in [0.29, 0.717) is 17.4 Å². The number of unbranched alkanes of at least 4 members (excludes halogenated alkanes) is 30. The maximum atomic E-state index is 12.9. The Labute approximate surface area is 572 Å². The van der Waals surface area contributed by atoms with E-state index in [0.717, 1.165) is 103 Å². The third-order valence-corrected chi connectivity index (χ3v) is 16.1. The van der Waals surface area contributed by atoms with E-state index in [9.17, 15) is 19.5 Å². The predicted octanol–water partition coefficient (Wildman–Crippen LogP) is 22.9. The number of hydrogen-bond acceptors (Lipinski definition) is 8. The van der Waals surface area contributed by atoms with Crippen LogP contribution in [0.4, 0.5) is 0 Å². The molecule has 0 saturated carbocycles. The zero-order valence-corrected chi connectivity index (χ0v) is 60.6. The lowest BCUT2D eigenvalue weighted by Gasteiger charge is -2.26. The predicted molar refractivity (Wildman–Crippen MR) is 398 cm³/mol. The van der Waals surface area contributed by atoms with E-state index in [1.54, 1.807) is 0 Å². The van der Waals surface area contributed by atoms with Crippen molar-refractivity contribution in [2.24, 2.45) is 0 Å². The number of carboxylic acid groups (broad SMARTS) is 1. The Morgan fingerprint density at radius 2 is 0.613 bits per heavy atom. The van der Waals surface area contributed by atoms with Gasteiger partial charge in [0.25, 0.3) is 0 Å². The number of allylic oxidation sites excluding steroid dienone is 24. The van der Waals surface area contributed by atoms with Crippen LogP contribution in [0.2, 0.25) is 0 Å². The summed E-state index contributed by atoms with van der Waals surface area (Å²) >= 11 is 0. The fourth-order valence-corrected chi connectivity index (χ4v) is 10.3. The Bertz CT molecular complexity index is 2040. The molecule has 0 radical (unpaired) electrons. The first-order valence-corrected chi connectivity index (χ1v) is 38.0. The van der Waals surface area contributed by atoms with Crippen LogP contribution in [0, 0.1) is 0 Å². The highest BCUT2D eigenvalue weighted by molar-refractivity contribution is 5.70. The molecule has 0 aliphatic rings. The number of aliphatic carboxylic acids is 1. The molecule has 0 aromatic rings. The molecule has 0 rings (SSSR count). The van der Waals surface area contributed by atoms with Crippen molar-refractivity contribution in [2.75, 3.05) is 47.5 Å². The van der Waals surface area contributed by atoms with Gasteiger partial charge in [0.2, 0.25) is 0 Å². The number of carbonyl (C=O) groups is 3. The molecule has 0 saturated heterocycles. The monoisotopic (exact) mass is 1290 g/mol. The van der Waals surface area contributed by atoms with Crippen molar-refractivity contribution in [1.82, 2.24) is 0 Å². The van der Waals surface area contributed by atoms with Gasteiger partial charge < -0.3 is 33.3 Å². The topological polar surface area (TPSA) is 111 Å². The Kier molecular flexibility index (Phi) is 69.2. The number of quaternary nitrogens is 1. The molecule has 9 nitrogen and oxygen atoms in total. The molecular weight excluding hydrogens is 1150 g/mol. The van der Waals surface area contributed by atoms with E-state index in [2.05, 4.69) is 160 Å². The number of ether oxygens (including phenoxy) is 4. The summed E-state index contributed by atoms with van der Waals surface area (Å²) in [6, 6.07) is 0. The molecule has 0 heterocycles. The van der Waals surface area contributed by atoms with E-state index in [-0.39, 0.29) is 38.6 Å². The summed E-state index contributed by atoms with van der Waals surface area (Å²) in [5.74, 6) is -2.35. The molecule has 0 amide bonds. The molecular formula is C84H141NO8. The second kappa shape index (κ2) is 73.0. The zero-order valence-electron chi connectivity index (χ0n) is 60.6. The molecule has 0 bridgehead atoms. The molecule has 530 valence electrons. The van der Waals surface area contributed by atoms with Gasteiger partial charge in [0.15, 0.2) is 12.4 Å². The van der Waals surface area contributed by atoms with Gasteiger partial charge in [-0.3, -0.25) is 9.59 Å². The van der Waals surface area contributed by atoms with Crippen LogP contribution in [0.3, 0.4) is 0 Å². The summed E-state index contributed by atoms with van der Waals surface area (Å²) in [7, 11) is 5.91. The second-order valence-corrected chi connectivity index (χ2v) is 26.2. The van der Waals surface area contributed by atoms with Gasteiger partial charge in [-0.2, -0.15) is 0 Å². The molecule has 0 aromatic carbocycles. The minimum Gasteiger partial charge on any atom is -0.545 e. The summed E-state index contributed by atoms with van der Waals surface area (Å²) in [5.41, 5.74) is 0. The van der Waals surface area contributed by atoms with Crippen molar-refractivity contribution >= 4 is 17.9 Å². The second-order valence-electron chi connectivity index (χ2n) is 26.2. The number of carboxylic acids is 1. The van der Waals surface area contributed by atoms with Crippen LogP contribution < -0.4 is 5.11 Å². The first-order valence-electron chi connectivity index (χ1n) is 38.0. The van der Waals surface area contributed by atoms with Gasteiger partial charge in [-0.25, -0.2) is 0 Å². The van der Waals surface area contributed by atoms with Crippen LogP contribution in [0.25, 0.3) is 0 Å². The van der Waals surface area contributed by atoms with Gasteiger partial charge in [0, 0.05) is 12.8 Å². The van der Waals surface area contributed by atoms with E-state index >= 15 is 0 Å². The van der Waals surface area contributed by atoms with Crippen molar-refractivity contribution < 1.29 is 42.9 Å². The van der Waals surface area contributed by atoms with Crippen molar-refractivity contribution in [1.29, 1.82) is 0 Å². The van der Waals surface area contributed by atoms with Crippen LogP contribution in [0.15, 0.2) is 146 Å². The normalized spacial score (nSPS) is 13.5. The Morgan fingerprint density at radius 1 is 0.333 bits per heavy atom. The minimum absolute atomic E-state index is 0.133. The van der Waals surface area contributed by atoms with Gasteiger partial charge in [-0.15, -0.1) is 0 Å². The average Bonchev–Trinajstić information content (AvgIpc) is 3.74. The van der Waals surface area contributed by atoms with Crippen molar-refractivity contribution in [3.05, 3.63) is 146 Å². The standard InChI is InChI=1S/C84H141NO8/c1-6-8-10-12-14-16-18-20-22-24-26-28-30-32-34-36-38-40-41-43-44-46-48-50-52-54-56-58-60-62-64-66-68-70-72-74-81(86)91-78-80(79-92-84(83(88)89)90-77-76-85(3,4)5)93-82(87)75-73-71-69-67-65-63-61-59-57-55-53-51-49-47-45-42-39-37-35-33-31-29-27-25-23-21-19-17-15-13-11-9-7-2/h9,11,15,17-18,20-21,23-24,26-27,29,33,35,39,42,47,49,53,55,59,61,65,67,80,84H,6-8,10,12-14,16,19,22,25,28,30-32,34,36-38,40-41,43-46,48,50-52,54,56-58,60,62-64,66,68-79H2,1-5H3/b11-9-,17-15-,20-18-,23-21-,26-24-,29-27-,35-33-,42-39-,49-47-,55-53-,61-59-,67-65-. The molecule has 0 spiro atoms. The third-order valence-electron chi connectivity index (χ3n) is 16.1. The molecule has 0 aliphatic heterocycles. The summed E-state index contributed by atoms with van der Waals surface area (Å²) in [4.78, 5) is 37.5. The van der Waals surface area contributed by atoms with Crippen LogP contribution >= 0.6 is 0 Å². The van der Waals surface area contributed by atoms with E-state index in [4.69, 9.17) is 18.9 Å². The lowest BCUT2D eigenvalue weighted by Crippen LogP contribution is -2.44. The molecule has 0 N–H and O–H groups in total. The number of esters is 2. The fourth-order valence-electron chi connectivity index (χ4n) is 10.3. The molecule has 2 unspecified atom stereocenters. The van der Waals surface area contributed by atoms with Crippen LogP contribution in [-0.2, 0) is 33.3 Å². The molecule has 0 aliphatic carbocycles. The number of rotatable bonds is 69. The first-order chi connectivity index (χ1) is 45.6. The van der Waals surface area contributed by atoms with E-state index in [1.165, 1.54) is 173 Å². The van der Waals surface area contributed by atoms with Gasteiger partial charge in [-0.05, 0) is 122 Å². The molecule has 2 atom stereocenters. The van der Waals surface area contributed by atoms with E-state index < -0.39 is 24.3 Å².